The molecule has 0 spiro atoms. The third-order valence-electron chi connectivity index (χ3n) is 4.07. The summed E-state index contributed by atoms with van der Waals surface area (Å²) in [6.07, 6.45) is 2.40. The van der Waals surface area contributed by atoms with Crippen LogP contribution in [0.2, 0.25) is 0 Å². The van der Waals surface area contributed by atoms with Crippen molar-refractivity contribution in [2.24, 2.45) is 5.92 Å². The second-order valence-electron chi connectivity index (χ2n) is 5.63. The summed E-state index contributed by atoms with van der Waals surface area (Å²) in [4.78, 5) is 25.6. The predicted molar refractivity (Wildman–Crippen MR) is 80.1 cm³/mol. The van der Waals surface area contributed by atoms with E-state index < -0.39 is 12.0 Å². The van der Waals surface area contributed by atoms with Crippen molar-refractivity contribution < 1.29 is 24.2 Å². The number of carbonyl (C=O) groups excluding carboxylic acids is 1. The summed E-state index contributed by atoms with van der Waals surface area (Å²) in [5.74, 6) is -1.50. The Kier molecular flexibility index (Phi) is 4.75. The molecule has 2 aliphatic rings. The average molecular weight is 325 g/mol. The van der Waals surface area contributed by atoms with Crippen molar-refractivity contribution in [3.63, 3.8) is 0 Å². The Morgan fingerprint density at radius 3 is 2.91 bits per heavy atom. The summed E-state index contributed by atoms with van der Waals surface area (Å²) in [5.41, 5.74) is 1.04. The van der Waals surface area contributed by atoms with Crippen molar-refractivity contribution >= 4 is 23.2 Å². The highest BCUT2D eigenvalue weighted by Gasteiger charge is 2.32. The first-order valence-corrected chi connectivity index (χ1v) is 8.27. The van der Waals surface area contributed by atoms with Gasteiger partial charge in [0.2, 0.25) is 0 Å². The quantitative estimate of drug-likeness (QED) is 0.875. The molecule has 0 bridgehead atoms. The first-order chi connectivity index (χ1) is 10.6. The Labute approximate surface area is 132 Å². The largest absolute Gasteiger partial charge is 0.480 e. The van der Waals surface area contributed by atoms with E-state index in [1.54, 1.807) is 0 Å². The minimum atomic E-state index is -1.01. The molecule has 0 saturated carbocycles. The van der Waals surface area contributed by atoms with Crippen molar-refractivity contribution in [1.29, 1.82) is 0 Å². The van der Waals surface area contributed by atoms with Crippen molar-refractivity contribution in [3.8, 4) is 0 Å². The summed E-state index contributed by atoms with van der Waals surface area (Å²) in [6, 6.07) is 0.910. The molecule has 1 amide bonds. The number of aliphatic carboxylic acids is 1. The van der Waals surface area contributed by atoms with E-state index >= 15 is 0 Å². The zero-order valence-electron chi connectivity index (χ0n) is 12.2. The zero-order chi connectivity index (χ0) is 15.5. The lowest BCUT2D eigenvalue weighted by atomic mass is 9.93. The minimum Gasteiger partial charge on any atom is -0.480 e. The van der Waals surface area contributed by atoms with E-state index in [0.717, 1.165) is 29.7 Å². The Balaban J connectivity index is 1.70. The Morgan fingerprint density at radius 2 is 2.23 bits per heavy atom. The monoisotopic (exact) mass is 325 g/mol. The number of hydrogen-bond donors (Lipinski definition) is 2. The normalized spacial score (nSPS) is 22.6. The molecule has 2 atom stereocenters. The van der Waals surface area contributed by atoms with Crippen LogP contribution in [0.15, 0.2) is 6.07 Å². The van der Waals surface area contributed by atoms with Crippen LogP contribution >= 0.6 is 11.3 Å². The fourth-order valence-corrected chi connectivity index (χ4v) is 3.93. The second-order valence-corrected chi connectivity index (χ2v) is 6.76. The molecule has 0 aliphatic carbocycles. The molecule has 7 heteroatoms. The molecule has 120 valence electrons. The molecular formula is C15H19NO5S. The number of rotatable bonds is 4. The van der Waals surface area contributed by atoms with Crippen LogP contribution in [-0.2, 0) is 27.3 Å². The number of hydrogen-bond acceptors (Lipinski definition) is 5. The standard InChI is InChI=1S/C15H19NO5S/c17-14(12-6-10-8-21-5-3-11(10)22-12)16-13(15(18)19)9-2-1-4-20-7-9/h6,9,13H,1-5,7-8H2,(H,16,17)(H,18,19). The van der Waals surface area contributed by atoms with Gasteiger partial charge in [-0.05, 0) is 24.5 Å². The van der Waals surface area contributed by atoms with E-state index in [4.69, 9.17) is 9.47 Å². The maximum Gasteiger partial charge on any atom is 0.326 e. The first kappa shape index (κ1) is 15.5. The number of carboxylic acid groups (broad SMARTS) is 1. The molecule has 2 aliphatic heterocycles. The van der Waals surface area contributed by atoms with E-state index in [9.17, 15) is 14.7 Å². The van der Waals surface area contributed by atoms with E-state index in [-0.39, 0.29) is 11.8 Å². The summed E-state index contributed by atoms with van der Waals surface area (Å²) in [7, 11) is 0. The Morgan fingerprint density at radius 1 is 1.36 bits per heavy atom. The lowest BCUT2D eigenvalue weighted by molar-refractivity contribution is -0.142. The van der Waals surface area contributed by atoms with Gasteiger partial charge in [0.05, 0.1) is 24.7 Å². The molecule has 3 rings (SSSR count). The van der Waals surface area contributed by atoms with Crippen LogP contribution in [-0.4, -0.2) is 42.8 Å². The fourth-order valence-electron chi connectivity index (χ4n) is 2.88. The second kappa shape index (κ2) is 6.76. The first-order valence-electron chi connectivity index (χ1n) is 7.46. The molecule has 2 N–H and O–H groups in total. The maximum atomic E-state index is 12.4. The van der Waals surface area contributed by atoms with E-state index in [0.29, 0.717) is 31.3 Å². The van der Waals surface area contributed by atoms with Gasteiger partial charge in [-0.25, -0.2) is 4.79 Å². The topological polar surface area (TPSA) is 84.9 Å². The Hall–Kier alpha value is -1.44. The number of amides is 1. The van der Waals surface area contributed by atoms with Gasteiger partial charge in [0.15, 0.2) is 0 Å². The van der Waals surface area contributed by atoms with Gasteiger partial charge in [-0.3, -0.25) is 4.79 Å². The summed E-state index contributed by atoms with van der Waals surface area (Å²) in [5, 5.41) is 12.1. The number of carboxylic acids is 1. The van der Waals surface area contributed by atoms with Gasteiger partial charge in [0.1, 0.15) is 6.04 Å². The summed E-state index contributed by atoms with van der Waals surface area (Å²) in [6.45, 7) is 2.24. The predicted octanol–water partition coefficient (Wildman–Crippen LogP) is 1.43. The molecule has 0 radical (unpaired) electrons. The number of ether oxygens (including phenoxy) is 2. The molecule has 1 aromatic heterocycles. The number of thiophene rings is 1. The van der Waals surface area contributed by atoms with Gasteiger partial charge in [0, 0.05) is 23.8 Å². The maximum absolute atomic E-state index is 12.4. The van der Waals surface area contributed by atoms with Gasteiger partial charge < -0.3 is 19.9 Å². The fraction of sp³-hybridized carbons (Fsp3) is 0.600. The van der Waals surface area contributed by atoms with Gasteiger partial charge in [0.25, 0.3) is 5.91 Å². The molecule has 0 aromatic carbocycles. The average Bonchev–Trinajstić information content (AvgIpc) is 2.97. The smallest absolute Gasteiger partial charge is 0.326 e. The van der Waals surface area contributed by atoms with E-state index in [1.165, 1.54) is 11.3 Å². The van der Waals surface area contributed by atoms with Crippen molar-refractivity contribution in [2.45, 2.75) is 31.9 Å². The molecule has 3 heterocycles. The van der Waals surface area contributed by atoms with Crippen molar-refractivity contribution in [2.75, 3.05) is 19.8 Å². The SMILES string of the molecule is O=C(NC(C(=O)O)C1CCCOC1)c1cc2c(s1)CCOC2. The third-order valence-corrected chi connectivity index (χ3v) is 5.31. The number of carbonyl (C=O) groups is 2. The summed E-state index contributed by atoms with van der Waals surface area (Å²) < 4.78 is 10.7. The molecule has 1 aromatic rings. The molecule has 1 fully saturated rings. The molecule has 6 nitrogen and oxygen atoms in total. The van der Waals surface area contributed by atoms with Crippen LogP contribution in [0.4, 0.5) is 0 Å². The van der Waals surface area contributed by atoms with Crippen LogP contribution in [0.1, 0.15) is 33.0 Å². The van der Waals surface area contributed by atoms with Crippen LogP contribution in [0.5, 0.6) is 0 Å². The van der Waals surface area contributed by atoms with E-state index in [2.05, 4.69) is 5.32 Å². The van der Waals surface area contributed by atoms with Gasteiger partial charge in [-0.2, -0.15) is 0 Å². The number of nitrogens with one attached hydrogen (secondary N) is 1. The highest BCUT2D eigenvalue weighted by atomic mass is 32.1. The molecular weight excluding hydrogens is 306 g/mol. The van der Waals surface area contributed by atoms with Crippen LogP contribution < -0.4 is 5.32 Å². The van der Waals surface area contributed by atoms with Crippen LogP contribution in [0.25, 0.3) is 0 Å². The Bertz CT molecular complexity index is 541. The lowest BCUT2D eigenvalue weighted by Crippen LogP contribution is -2.48. The molecule has 2 unspecified atom stereocenters. The summed E-state index contributed by atoms with van der Waals surface area (Å²) >= 11 is 1.43. The van der Waals surface area contributed by atoms with Crippen molar-refractivity contribution in [3.05, 3.63) is 21.4 Å². The van der Waals surface area contributed by atoms with Crippen LogP contribution in [0.3, 0.4) is 0 Å². The third kappa shape index (κ3) is 3.31. The van der Waals surface area contributed by atoms with Crippen molar-refractivity contribution in [1.82, 2.24) is 5.32 Å². The highest BCUT2D eigenvalue weighted by Crippen LogP contribution is 2.27. The molecule has 22 heavy (non-hydrogen) atoms. The van der Waals surface area contributed by atoms with E-state index in [1.807, 2.05) is 6.07 Å². The number of fused-ring (bicyclic) bond motifs is 1. The van der Waals surface area contributed by atoms with Gasteiger partial charge >= 0.3 is 5.97 Å². The van der Waals surface area contributed by atoms with Gasteiger partial charge in [-0.1, -0.05) is 0 Å². The zero-order valence-corrected chi connectivity index (χ0v) is 13.0. The lowest BCUT2D eigenvalue weighted by Gasteiger charge is -2.27. The van der Waals surface area contributed by atoms with Gasteiger partial charge in [-0.15, -0.1) is 11.3 Å². The minimum absolute atomic E-state index is 0.173. The highest BCUT2D eigenvalue weighted by molar-refractivity contribution is 7.14. The van der Waals surface area contributed by atoms with Crippen LogP contribution in [0, 0.1) is 5.92 Å². The molecule has 1 saturated heterocycles.